The lowest BCUT2D eigenvalue weighted by molar-refractivity contribution is 0.0718. The lowest BCUT2D eigenvalue weighted by Crippen LogP contribution is -2.37. The number of phenols is 3. The van der Waals surface area contributed by atoms with Crippen LogP contribution in [0.4, 0.5) is 0 Å². The normalized spacial score (nSPS) is 14.8. The number of aromatic amines is 1. The standard InChI is InChI=1S/C20H20N4O5/c25-16-9-13(10-17(26)18(16)27)20(29)24-5-1-4-23(6-7-24)19(28)12-2-3-14-15(8-12)22-11-21-14/h2-3,8-11,25-27H,1,4-7H2,(H,21,22). The molecule has 1 aliphatic rings. The first-order chi connectivity index (χ1) is 13.9. The first-order valence-corrected chi connectivity index (χ1v) is 9.20. The minimum Gasteiger partial charge on any atom is -0.504 e. The molecule has 29 heavy (non-hydrogen) atoms. The molecule has 0 aliphatic carbocycles. The Labute approximate surface area is 165 Å². The van der Waals surface area contributed by atoms with Crippen molar-refractivity contribution in [3.05, 3.63) is 47.8 Å². The van der Waals surface area contributed by atoms with Crippen molar-refractivity contribution in [2.45, 2.75) is 6.42 Å². The number of hydrogen-bond acceptors (Lipinski definition) is 6. The van der Waals surface area contributed by atoms with Crippen LogP contribution in [0.15, 0.2) is 36.7 Å². The number of nitrogens with one attached hydrogen (secondary N) is 1. The van der Waals surface area contributed by atoms with Crippen LogP contribution in [0.2, 0.25) is 0 Å². The van der Waals surface area contributed by atoms with E-state index < -0.39 is 17.2 Å². The number of benzene rings is 2. The molecule has 0 spiro atoms. The van der Waals surface area contributed by atoms with Crippen molar-refractivity contribution in [3.63, 3.8) is 0 Å². The van der Waals surface area contributed by atoms with E-state index in [-0.39, 0.29) is 17.4 Å². The van der Waals surface area contributed by atoms with Gasteiger partial charge in [-0.2, -0.15) is 0 Å². The molecule has 150 valence electrons. The number of aromatic hydroxyl groups is 3. The van der Waals surface area contributed by atoms with E-state index in [1.54, 1.807) is 34.3 Å². The number of hydrogen-bond donors (Lipinski definition) is 4. The minimum absolute atomic E-state index is 0.0715. The monoisotopic (exact) mass is 396 g/mol. The molecule has 0 bridgehead atoms. The summed E-state index contributed by atoms with van der Waals surface area (Å²) in [5.41, 5.74) is 2.20. The first-order valence-electron chi connectivity index (χ1n) is 9.20. The SMILES string of the molecule is O=C(c1cc(O)c(O)c(O)c1)N1CCCN(C(=O)c2ccc3nc[nH]c3c2)CC1. The van der Waals surface area contributed by atoms with Crippen molar-refractivity contribution in [2.75, 3.05) is 26.2 Å². The van der Waals surface area contributed by atoms with Gasteiger partial charge in [-0.25, -0.2) is 4.98 Å². The van der Waals surface area contributed by atoms with Crippen LogP contribution in [0.3, 0.4) is 0 Å². The topological polar surface area (TPSA) is 130 Å². The second-order valence-electron chi connectivity index (χ2n) is 6.94. The molecule has 1 fully saturated rings. The summed E-state index contributed by atoms with van der Waals surface area (Å²) < 4.78 is 0. The van der Waals surface area contributed by atoms with E-state index in [4.69, 9.17) is 0 Å². The van der Waals surface area contributed by atoms with Crippen LogP contribution >= 0.6 is 0 Å². The summed E-state index contributed by atoms with van der Waals surface area (Å²) in [4.78, 5) is 36.0. The molecular formula is C20H20N4O5. The third kappa shape index (κ3) is 3.54. The second kappa shape index (κ2) is 7.34. The Morgan fingerprint density at radius 2 is 1.48 bits per heavy atom. The van der Waals surface area contributed by atoms with Crippen LogP contribution in [0.1, 0.15) is 27.1 Å². The predicted molar refractivity (Wildman–Crippen MR) is 104 cm³/mol. The summed E-state index contributed by atoms with van der Waals surface area (Å²) in [5, 5.41) is 28.7. The van der Waals surface area contributed by atoms with Crippen molar-refractivity contribution in [1.29, 1.82) is 0 Å². The number of imidazole rings is 1. The molecule has 1 aromatic heterocycles. The van der Waals surface area contributed by atoms with Gasteiger partial charge in [0.05, 0.1) is 17.4 Å². The van der Waals surface area contributed by atoms with E-state index >= 15 is 0 Å². The van der Waals surface area contributed by atoms with Gasteiger partial charge < -0.3 is 30.1 Å². The summed E-state index contributed by atoms with van der Waals surface area (Å²) in [6.45, 7) is 1.63. The number of H-pyrrole nitrogens is 1. The van der Waals surface area contributed by atoms with Gasteiger partial charge in [-0.3, -0.25) is 9.59 Å². The molecule has 0 unspecified atom stereocenters. The van der Waals surface area contributed by atoms with Gasteiger partial charge in [0, 0.05) is 37.3 Å². The third-order valence-corrected chi connectivity index (χ3v) is 5.05. The van der Waals surface area contributed by atoms with Gasteiger partial charge in [-0.05, 0) is 36.8 Å². The van der Waals surface area contributed by atoms with Gasteiger partial charge in [-0.1, -0.05) is 0 Å². The zero-order chi connectivity index (χ0) is 20.5. The van der Waals surface area contributed by atoms with Crippen LogP contribution in [0.25, 0.3) is 11.0 Å². The number of rotatable bonds is 2. The number of amides is 2. The summed E-state index contributed by atoms with van der Waals surface area (Å²) in [6, 6.07) is 7.52. The fraction of sp³-hybridized carbons (Fsp3) is 0.250. The molecule has 2 heterocycles. The van der Waals surface area contributed by atoms with Gasteiger partial charge in [0.1, 0.15) is 0 Å². The van der Waals surface area contributed by atoms with Crippen LogP contribution in [-0.2, 0) is 0 Å². The third-order valence-electron chi connectivity index (χ3n) is 5.05. The molecule has 4 rings (SSSR count). The predicted octanol–water partition coefficient (Wildman–Crippen LogP) is 1.67. The summed E-state index contributed by atoms with van der Waals surface area (Å²) >= 11 is 0. The van der Waals surface area contributed by atoms with Crippen molar-refractivity contribution >= 4 is 22.8 Å². The molecule has 9 nitrogen and oxygen atoms in total. The Balaban J connectivity index is 1.47. The highest BCUT2D eigenvalue weighted by Gasteiger charge is 2.25. The fourth-order valence-electron chi connectivity index (χ4n) is 3.49. The van der Waals surface area contributed by atoms with Crippen LogP contribution in [0.5, 0.6) is 17.2 Å². The Morgan fingerprint density at radius 3 is 2.14 bits per heavy atom. The number of carbonyl (C=O) groups excluding carboxylic acids is 2. The quantitative estimate of drug-likeness (QED) is 0.488. The van der Waals surface area contributed by atoms with Crippen LogP contribution in [0, 0.1) is 0 Å². The molecule has 0 saturated carbocycles. The molecule has 0 atom stereocenters. The van der Waals surface area contributed by atoms with E-state index in [0.717, 1.165) is 23.2 Å². The Morgan fingerprint density at radius 1 is 0.862 bits per heavy atom. The number of fused-ring (bicyclic) bond motifs is 1. The van der Waals surface area contributed by atoms with Crippen molar-refractivity contribution < 1.29 is 24.9 Å². The van der Waals surface area contributed by atoms with Gasteiger partial charge in [-0.15, -0.1) is 0 Å². The van der Waals surface area contributed by atoms with Crippen molar-refractivity contribution in [3.8, 4) is 17.2 Å². The van der Waals surface area contributed by atoms with E-state index in [1.165, 1.54) is 0 Å². The van der Waals surface area contributed by atoms with Gasteiger partial charge in [0.2, 0.25) is 0 Å². The van der Waals surface area contributed by atoms with Crippen molar-refractivity contribution in [1.82, 2.24) is 19.8 Å². The number of aromatic nitrogens is 2. The highest BCUT2D eigenvalue weighted by molar-refractivity contribution is 5.98. The maximum atomic E-state index is 12.9. The summed E-state index contributed by atoms with van der Waals surface area (Å²) in [5.74, 6) is -2.29. The van der Waals surface area contributed by atoms with Crippen LogP contribution < -0.4 is 0 Å². The highest BCUT2D eigenvalue weighted by atomic mass is 16.3. The molecular weight excluding hydrogens is 376 g/mol. The maximum Gasteiger partial charge on any atom is 0.254 e. The summed E-state index contributed by atoms with van der Waals surface area (Å²) in [7, 11) is 0. The smallest absolute Gasteiger partial charge is 0.254 e. The average Bonchev–Trinajstić information content (AvgIpc) is 3.05. The molecule has 9 heteroatoms. The molecule has 1 saturated heterocycles. The zero-order valence-electron chi connectivity index (χ0n) is 15.5. The first kappa shape index (κ1) is 18.6. The number of phenolic OH excluding ortho intramolecular Hbond substituents is 3. The van der Waals surface area contributed by atoms with E-state index in [9.17, 15) is 24.9 Å². The molecule has 0 radical (unpaired) electrons. The van der Waals surface area contributed by atoms with Gasteiger partial charge >= 0.3 is 0 Å². The average molecular weight is 396 g/mol. The van der Waals surface area contributed by atoms with Gasteiger partial charge in [0.25, 0.3) is 11.8 Å². The zero-order valence-corrected chi connectivity index (χ0v) is 15.5. The van der Waals surface area contributed by atoms with E-state index in [1.807, 2.05) is 0 Å². The fourth-order valence-corrected chi connectivity index (χ4v) is 3.49. The van der Waals surface area contributed by atoms with Crippen LogP contribution in [-0.4, -0.2) is 73.1 Å². The van der Waals surface area contributed by atoms with E-state index in [0.29, 0.717) is 38.2 Å². The Hall–Kier alpha value is -3.75. The maximum absolute atomic E-state index is 12.9. The molecule has 2 aromatic carbocycles. The lowest BCUT2D eigenvalue weighted by Gasteiger charge is -2.22. The van der Waals surface area contributed by atoms with E-state index in [2.05, 4.69) is 9.97 Å². The molecule has 2 amide bonds. The number of carbonyl (C=O) groups is 2. The largest absolute Gasteiger partial charge is 0.504 e. The molecule has 3 aromatic rings. The van der Waals surface area contributed by atoms with Crippen molar-refractivity contribution in [2.24, 2.45) is 0 Å². The Bertz CT molecular complexity index is 1070. The summed E-state index contributed by atoms with van der Waals surface area (Å²) in [6.07, 6.45) is 2.17. The lowest BCUT2D eigenvalue weighted by atomic mass is 10.1. The number of nitrogens with zero attached hydrogens (tertiary/aromatic N) is 3. The van der Waals surface area contributed by atoms with Gasteiger partial charge in [0.15, 0.2) is 17.2 Å². The molecule has 4 N–H and O–H groups in total. The molecule has 1 aliphatic heterocycles. The minimum atomic E-state index is -0.663. The second-order valence-corrected chi connectivity index (χ2v) is 6.94. The Kier molecular flexibility index (Phi) is 4.71. The highest BCUT2D eigenvalue weighted by Crippen LogP contribution is 2.35.